The van der Waals surface area contributed by atoms with Gasteiger partial charge in [0.2, 0.25) is 0 Å². The van der Waals surface area contributed by atoms with E-state index < -0.39 is 22.7 Å². The van der Waals surface area contributed by atoms with Crippen molar-refractivity contribution in [1.29, 1.82) is 0 Å². The summed E-state index contributed by atoms with van der Waals surface area (Å²) < 4.78 is 10.2. The number of rotatable bonds is 9. The van der Waals surface area contributed by atoms with Gasteiger partial charge in [0.15, 0.2) is 11.5 Å². The van der Waals surface area contributed by atoms with Gasteiger partial charge in [0.25, 0.3) is 17.5 Å². The Balaban J connectivity index is 1.74. The number of methoxy groups -OCH3 is 2. The largest absolute Gasteiger partial charge is 0.493 e. The number of amides is 2. The summed E-state index contributed by atoms with van der Waals surface area (Å²) in [5, 5.41) is 26.9. The average Bonchev–Trinajstić information content (AvgIpc) is 2.88. The lowest BCUT2D eigenvalue weighted by atomic mass is 10.1. The molecule has 3 N–H and O–H groups in total. The molecule has 0 aliphatic carbocycles. The molecule has 0 saturated carbocycles. The van der Waals surface area contributed by atoms with E-state index in [1.54, 1.807) is 0 Å². The van der Waals surface area contributed by atoms with Crippen LogP contribution in [0.5, 0.6) is 11.5 Å². The van der Waals surface area contributed by atoms with E-state index in [2.05, 4.69) is 15.8 Å². The maximum Gasteiger partial charge on any atom is 0.340 e. The van der Waals surface area contributed by atoms with Crippen LogP contribution in [-0.4, -0.2) is 48.2 Å². The lowest BCUT2D eigenvalue weighted by Gasteiger charge is -2.12. The number of carboxylic acids is 1. The number of aromatic carboxylic acids is 1. The number of nitro groups is 1. The van der Waals surface area contributed by atoms with Gasteiger partial charge < -0.3 is 19.9 Å². The highest BCUT2D eigenvalue weighted by Gasteiger charge is 2.20. The summed E-state index contributed by atoms with van der Waals surface area (Å²) in [4.78, 5) is 47.0. The Kier molecular flexibility index (Phi) is 7.92. The Labute approximate surface area is 204 Å². The molecule has 0 aliphatic heterocycles. The zero-order valence-electron chi connectivity index (χ0n) is 19.1. The zero-order valence-corrected chi connectivity index (χ0v) is 19.1. The second-order valence-corrected chi connectivity index (χ2v) is 7.11. The summed E-state index contributed by atoms with van der Waals surface area (Å²) in [5.41, 5.74) is 2.53. The van der Waals surface area contributed by atoms with Crippen LogP contribution in [0, 0.1) is 10.1 Å². The lowest BCUT2D eigenvalue weighted by molar-refractivity contribution is -0.384. The normalized spacial score (nSPS) is 10.5. The Hall–Kier alpha value is -5.26. The van der Waals surface area contributed by atoms with Crippen molar-refractivity contribution in [1.82, 2.24) is 5.43 Å². The molecule has 0 bridgehead atoms. The van der Waals surface area contributed by atoms with E-state index in [-0.39, 0.29) is 45.1 Å². The third-order valence-electron chi connectivity index (χ3n) is 4.86. The number of anilines is 1. The molecule has 0 radical (unpaired) electrons. The molecule has 2 amide bonds. The summed E-state index contributed by atoms with van der Waals surface area (Å²) in [7, 11) is 2.68. The first kappa shape index (κ1) is 25.4. The molecule has 0 aromatic heterocycles. The Morgan fingerprint density at radius 1 is 0.972 bits per heavy atom. The molecule has 3 aromatic carbocycles. The van der Waals surface area contributed by atoms with E-state index >= 15 is 0 Å². The van der Waals surface area contributed by atoms with Crippen LogP contribution in [-0.2, 0) is 0 Å². The minimum Gasteiger partial charge on any atom is -0.493 e. The van der Waals surface area contributed by atoms with Crippen LogP contribution in [0.2, 0.25) is 0 Å². The molecule has 3 rings (SSSR count). The Morgan fingerprint density at radius 2 is 1.67 bits per heavy atom. The minimum absolute atomic E-state index is 0.00691. The molecule has 36 heavy (non-hydrogen) atoms. The van der Waals surface area contributed by atoms with Gasteiger partial charge in [-0.15, -0.1) is 0 Å². The van der Waals surface area contributed by atoms with Gasteiger partial charge in [-0.05, 0) is 36.4 Å². The topological polar surface area (TPSA) is 169 Å². The molecular formula is C24H20N4O8. The highest BCUT2D eigenvalue weighted by Crippen LogP contribution is 2.32. The first-order valence-electron chi connectivity index (χ1n) is 10.2. The average molecular weight is 492 g/mol. The molecule has 184 valence electrons. The quantitative estimate of drug-likeness (QED) is 0.232. The maximum absolute atomic E-state index is 12.5. The van der Waals surface area contributed by atoms with Crippen LogP contribution in [0.1, 0.15) is 36.6 Å². The van der Waals surface area contributed by atoms with E-state index in [1.165, 1.54) is 68.8 Å². The molecule has 0 heterocycles. The number of hydrazone groups is 1. The van der Waals surface area contributed by atoms with Gasteiger partial charge in [0.1, 0.15) is 5.56 Å². The van der Waals surface area contributed by atoms with Crippen LogP contribution < -0.4 is 20.2 Å². The number of hydrogen-bond donors (Lipinski definition) is 3. The van der Waals surface area contributed by atoms with Crippen LogP contribution in [0.25, 0.3) is 0 Å². The Bertz CT molecular complexity index is 1370. The second kappa shape index (κ2) is 11.2. The number of ether oxygens (including phenoxy) is 2. The number of nitrogens with zero attached hydrogens (tertiary/aromatic N) is 2. The van der Waals surface area contributed by atoms with Gasteiger partial charge in [-0.25, -0.2) is 10.2 Å². The standard InChI is InChI=1S/C24H20N4O8/c1-35-19-10-9-16(20(24(31)32)21(19)36-2)13-25-27-23(30)14-5-3-7-17(11-14)26-22(29)15-6-4-8-18(12-15)28(33)34/h3-13H,1-2H3,(H,26,29)(H,27,30)(H,31,32)/b25-13+. The monoisotopic (exact) mass is 492 g/mol. The second-order valence-electron chi connectivity index (χ2n) is 7.11. The summed E-state index contributed by atoms with van der Waals surface area (Å²) >= 11 is 0. The van der Waals surface area contributed by atoms with E-state index in [0.717, 1.165) is 12.3 Å². The number of carbonyl (C=O) groups is 3. The van der Waals surface area contributed by atoms with E-state index in [1.807, 2.05) is 0 Å². The lowest BCUT2D eigenvalue weighted by Crippen LogP contribution is -2.19. The van der Waals surface area contributed by atoms with Crippen molar-refractivity contribution in [2.24, 2.45) is 5.10 Å². The van der Waals surface area contributed by atoms with Crippen molar-refractivity contribution in [2.75, 3.05) is 19.5 Å². The summed E-state index contributed by atoms with van der Waals surface area (Å²) in [5.74, 6) is -2.27. The number of hydrogen-bond acceptors (Lipinski definition) is 8. The molecule has 0 saturated heterocycles. The van der Waals surface area contributed by atoms with Crippen LogP contribution in [0.4, 0.5) is 11.4 Å². The first-order chi connectivity index (χ1) is 17.2. The van der Waals surface area contributed by atoms with Gasteiger partial charge in [-0.2, -0.15) is 5.10 Å². The highest BCUT2D eigenvalue weighted by atomic mass is 16.6. The zero-order chi connectivity index (χ0) is 26.2. The number of nitro benzene ring substituents is 1. The molecule has 0 aliphatic rings. The number of benzene rings is 3. The molecule has 12 heteroatoms. The number of carboxylic acid groups (broad SMARTS) is 1. The van der Waals surface area contributed by atoms with Crippen molar-refractivity contribution in [3.8, 4) is 11.5 Å². The van der Waals surface area contributed by atoms with Crippen molar-refractivity contribution in [3.63, 3.8) is 0 Å². The van der Waals surface area contributed by atoms with Crippen molar-refractivity contribution in [3.05, 3.63) is 93.0 Å². The van der Waals surface area contributed by atoms with Crippen molar-refractivity contribution >= 4 is 35.4 Å². The van der Waals surface area contributed by atoms with Crippen molar-refractivity contribution < 1.29 is 33.9 Å². The SMILES string of the molecule is COc1ccc(/C=N/NC(=O)c2cccc(NC(=O)c3cccc([N+](=O)[O-])c3)c2)c(C(=O)O)c1OC. The Morgan fingerprint density at radius 3 is 2.31 bits per heavy atom. The summed E-state index contributed by atoms with van der Waals surface area (Å²) in [6.07, 6.45) is 1.15. The van der Waals surface area contributed by atoms with Crippen LogP contribution in [0.3, 0.4) is 0 Å². The molecule has 0 spiro atoms. The fourth-order valence-corrected chi connectivity index (χ4v) is 3.20. The van der Waals surface area contributed by atoms with Gasteiger partial charge in [-0.3, -0.25) is 19.7 Å². The van der Waals surface area contributed by atoms with E-state index in [0.29, 0.717) is 0 Å². The van der Waals surface area contributed by atoms with Gasteiger partial charge in [-0.1, -0.05) is 12.1 Å². The fraction of sp³-hybridized carbons (Fsp3) is 0.0833. The van der Waals surface area contributed by atoms with Gasteiger partial charge >= 0.3 is 5.97 Å². The van der Waals surface area contributed by atoms with E-state index in [9.17, 15) is 29.6 Å². The summed E-state index contributed by atoms with van der Waals surface area (Å²) in [6.45, 7) is 0. The third-order valence-corrected chi connectivity index (χ3v) is 4.86. The minimum atomic E-state index is -1.27. The van der Waals surface area contributed by atoms with Gasteiger partial charge in [0, 0.05) is 34.5 Å². The first-order valence-corrected chi connectivity index (χ1v) is 10.2. The maximum atomic E-state index is 12.5. The molecule has 3 aromatic rings. The molecule has 0 fully saturated rings. The number of carbonyl (C=O) groups excluding carboxylic acids is 2. The predicted molar refractivity (Wildman–Crippen MR) is 129 cm³/mol. The van der Waals surface area contributed by atoms with Crippen molar-refractivity contribution in [2.45, 2.75) is 0 Å². The predicted octanol–water partition coefficient (Wildman–Crippen LogP) is 3.33. The van der Waals surface area contributed by atoms with Crippen LogP contribution in [0.15, 0.2) is 65.8 Å². The van der Waals surface area contributed by atoms with E-state index in [4.69, 9.17) is 9.47 Å². The molecule has 12 nitrogen and oxygen atoms in total. The van der Waals surface area contributed by atoms with Gasteiger partial charge in [0.05, 0.1) is 25.4 Å². The number of non-ortho nitro benzene ring substituents is 1. The van der Waals surface area contributed by atoms with Crippen LogP contribution >= 0.6 is 0 Å². The fourth-order valence-electron chi connectivity index (χ4n) is 3.20. The smallest absolute Gasteiger partial charge is 0.340 e. The molecule has 0 unspecified atom stereocenters. The molecular weight excluding hydrogens is 472 g/mol. The number of nitrogens with one attached hydrogen (secondary N) is 2. The third kappa shape index (κ3) is 5.80. The highest BCUT2D eigenvalue weighted by molar-refractivity contribution is 6.06. The molecule has 0 atom stereocenters. The summed E-state index contributed by atoms with van der Waals surface area (Å²) in [6, 6.07) is 14.1.